The number of aryl methyl sites for hydroxylation is 1. The average Bonchev–Trinajstić information content (AvgIpc) is 2.35. The molecule has 1 aromatic carbocycles. The van der Waals surface area contributed by atoms with Crippen LogP contribution in [0.2, 0.25) is 0 Å². The molecule has 0 heterocycles. The van der Waals surface area contributed by atoms with Crippen LogP contribution in [0.1, 0.15) is 25.0 Å². The van der Waals surface area contributed by atoms with Crippen molar-refractivity contribution in [2.24, 2.45) is 0 Å². The zero-order valence-corrected chi connectivity index (χ0v) is 11.3. The molecule has 0 atom stereocenters. The summed E-state index contributed by atoms with van der Waals surface area (Å²) in [4.78, 5) is 2.40. The lowest BCUT2D eigenvalue weighted by molar-refractivity contribution is 0.308. The molecule has 17 heavy (non-hydrogen) atoms. The molecule has 1 rings (SSSR count). The number of nitrogens with one attached hydrogen (secondary N) is 1. The first-order valence-corrected chi connectivity index (χ1v) is 6.40. The molecule has 0 aromatic heterocycles. The van der Waals surface area contributed by atoms with Gasteiger partial charge in [-0.05, 0) is 31.1 Å². The summed E-state index contributed by atoms with van der Waals surface area (Å²) in [5, 5.41) is 3.40. The highest BCUT2D eigenvalue weighted by Gasteiger charge is 2.02. The second kappa shape index (κ2) is 7.13. The first kappa shape index (κ1) is 13.8. The molecule has 0 amide bonds. The number of likely N-dealkylation sites (N-methyl/N-ethyl adjacent to an activating group) is 1. The summed E-state index contributed by atoms with van der Waals surface area (Å²) in [6.45, 7) is 14.8. The Bertz CT molecular complexity index is 354. The van der Waals surface area contributed by atoms with Crippen molar-refractivity contribution in [3.05, 3.63) is 42.0 Å². The summed E-state index contributed by atoms with van der Waals surface area (Å²) < 4.78 is 0. The Kier molecular flexibility index (Phi) is 5.78. The fraction of sp³-hybridized carbons (Fsp3) is 0.467. The predicted octanol–water partition coefficient (Wildman–Crippen LogP) is 2.90. The Morgan fingerprint density at radius 1 is 1.24 bits per heavy atom. The fourth-order valence-corrected chi connectivity index (χ4v) is 1.91. The van der Waals surface area contributed by atoms with Gasteiger partial charge >= 0.3 is 0 Å². The van der Waals surface area contributed by atoms with Crippen LogP contribution in [0.3, 0.4) is 0 Å². The summed E-state index contributed by atoms with van der Waals surface area (Å²) >= 11 is 0. The largest absolute Gasteiger partial charge is 0.384 e. The lowest BCUT2D eigenvalue weighted by Gasteiger charge is -2.19. The van der Waals surface area contributed by atoms with Crippen molar-refractivity contribution in [2.45, 2.75) is 20.8 Å². The molecule has 2 heteroatoms. The highest BCUT2D eigenvalue weighted by molar-refractivity contribution is 5.64. The van der Waals surface area contributed by atoms with Gasteiger partial charge in [-0.1, -0.05) is 44.7 Å². The quantitative estimate of drug-likeness (QED) is 0.777. The number of rotatable bonds is 7. The third-order valence-corrected chi connectivity index (χ3v) is 3.13. The number of benzene rings is 1. The minimum absolute atomic E-state index is 0.953. The van der Waals surface area contributed by atoms with Crippen LogP contribution < -0.4 is 5.32 Å². The Labute approximate surface area is 105 Å². The normalized spacial score (nSPS) is 10.6. The van der Waals surface area contributed by atoms with Gasteiger partial charge in [0.15, 0.2) is 0 Å². The highest BCUT2D eigenvalue weighted by atomic mass is 15.1. The van der Waals surface area contributed by atoms with Gasteiger partial charge < -0.3 is 10.2 Å². The van der Waals surface area contributed by atoms with E-state index in [-0.39, 0.29) is 0 Å². The molecule has 0 aliphatic heterocycles. The molecule has 0 aliphatic carbocycles. The summed E-state index contributed by atoms with van der Waals surface area (Å²) in [6.07, 6.45) is 0. The summed E-state index contributed by atoms with van der Waals surface area (Å²) in [5.74, 6) is 0. The van der Waals surface area contributed by atoms with Crippen LogP contribution >= 0.6 is 0 Å². The van der Waals surface area contributed by atoms with Crippen LogP contribution in [-0.2, 0) is 0 Å². The van der Waals surface area contributed by atoms with Gasteiger partial charge in [0.25, 0.3) is 0 Å². The smallest absolute Gasteiger partial charge is 0.0343 e. The van der Waals surface area contributed by atoms with Crippen LogP contribution in [0, 0.1) is 6.92 Å². The van der Waals surface area contributed by atoms with E-state index in [9.17, 15) is 0 Å². The molecule has 0 unspecified atom stereocenters. The first-order chi connectivity index (χ1) is 8.19. The molecule has 94 valence electrons. The van der Waals surface area contributed by atoms with Crippen molar-refractivity contribution < 1.29 is 0 Å². The van der Waals surface area contributed by atoms with Crippen molar-refractivity contribution in [1.29, 1.82) is 0 Å². The number of hydrogen-bond donors (Lipinski definition) is 1. The maximum atomic E-state index is 4.10. The summed E-state index contributed by atoms with van der Waals surface area (Å²) in [7, 11) is 0. The minimum atomic E-state index is 0.953. The van der Waals surface area contributed by atoms with Gasteiger partial charge in [0, 0.05) is 18.8 Å². The van der Waals surface area contributed by atoms with Crippen molar-refractivity contribution in [3.8, 4) is 0 Å². The summed E-state index contributed by atoms with van der Waals surface area (Å²) in [6, 6.07) is 8.34. The van der Waals surface area contributed by atoms with Crippen LogP contribution in [0.4, 0.5) is 0 Å². The lowest BCUT2D eigenvalue weighted by Crippen LogP contribution is -2.31. The molecule has 0 bridgehead atoms. The molecule has 2 nitrogen and oxygen atoms in total. The van der Waals surface area contributed by atoms with Crippen LogP contribution in [0.5, 0.6) is 0 Å². The highest BCUT2D eigenvalue weighted by Crippen LogP contribution is 2.13. The molecule has 0 saturated heterocycles. The topological polar surface area (TPSA) is 15.3 Å². The maximum absolute atomic E-state index is 4.10. The van der Waals surface area contributed by atoms with E-state index in [1.54, 1.807) is 0 Å². The van der Waals surface area contributed by atoms with Gasteiger partial charge in [0.05, 0.1) is 0 Å². The Hall–Kier alpha value is -1.28. The molecule has 0 fully saturated rings. The molecule has 1 aromatic rings. The molecule has 0 spiro atoms. The van der Waals surface area contributed by atoms with Gasteiger partial charge in [-0.15, -0.1) is 0 Å². The van der Waals surface area contributed by atoms with Crippen molar-refractivity contribution >= 4 is 5.70 Å². The zero-order chi connectivity index (χ0) is 12.7. The second-order valence-corrected chi connectivity index (χ2v) is 4.25. The first-order valence-electron chi connectivity index (χ1n) is 6.40. The lowest BCUT2D eigenvalue weighted by atomic mass is 10.1. The number of hydrogen-bond acceptors (Lipinski definition) is 2. The van der Waals surface area contributed by atoms with E-state index in [4.69, 9.17) is 0 Å². The average molecular weight is 232 g/mol. The number of nitrogens with zero attached hydrogens (tertiary/aromatic N) is 1. The van der Waals surface area contributed by atoms with E-state index in [2.05, 4.69) is 61.8 Å². The second-order valence-electron chi connectivity index (χ2n) is 4.25. The molecule has 0 aliphatic rings. The zero-order valence-electron chi connectivity index (χ0n) is 11.3. The monoisotopic (exact) mass is 232 g/mol. The van der Waals surface area contributed by atoms with E-state index >= 15 is 0 Å². The van der Waals surface area contributed by atoms with Crippen molar-refractivity contribution in [2.75, 3.05) is 26.2 Å². The van der Waals surface area contributed by atoms with Crippen molar-refractivity contribution in [3.63, 3.8) is 0 Å². The SMILES string of the molecule is C=C(NCCN(CC)CC)c1ccccc1C. The molecule has 0 saturated carbocycles. The predicted molar refractivity (Wildman–Crippen MR) is 76.0 cm³/mol. The Balaban J connectivity index is 2.43. The Morgan fingerprint density at radius 3 is 2.47 bits per heavy atom. The minimum Gasteiger partial charge on any atom is -0.384 e. The molecule has 0 radical (unpaired) electrons. The molecular formula is C15H24N2. The molecular weight excluding hydrogens is 208 g/mol. The standard InChI is InChI=1S/C15H24N2/c1-5-17(6-2)12-11-16-14(4)15-10-8-7-9-13(15)3/h7-10,16H,4-6,11-12H2,1-3H3. The van der Waals surface area contributed by atoms with Crippen LogP contribution in [-0.4, -0.2) is 31.1 Å². The van der Waals surface area contributed by atoms with Gasteiger partial charge in [-0.3, -0.25) is 0 Å². The van der Waals surface area contributed by atoms with Gasteiger partial charge in [-0.25, -0.2) is 0 Å². The van der Waals surface area contributed by atoms with E-state index < -0.39 is 0 Å². The van der Waals surface area contributed by atoms with Crippen LogP contribution in [0.15, 0.2) is 30.8 Å². The van der Waals surface area contributed by atoms with Crippen molar-refractivity contribution in [1.82, 2.24) is 10.2 Å². The van der Waals surface area contributed by atoms with Crippen LogP contribution in [0.25, 0.3) is 5.70 Å². The third-order valence-electron chi connectivity index (χ3n) is 3.13. The van der Waals surface area contributed by atoms with Gasteiger partial charge in [-0.2, -0.15) is 0 Å². The summed E-state index contributed by atoms with van der Waals surface area (Å²) in [5.41, 5.74) is 3.51. The third kappa shape index (κ3) is 4.23. The van der Waals surface area contributed by atoms with E-state index in [0.717, 1.165) is 31.9 Å². The fourth-order valence-electron chi connectivity index (χ4n) is 1.91. The Morgan fingerprint density at radius 2 is 1.88 bits per heavy atom. The van der Waals surface area contributed by atoms with E-state index in [1.165, 1.54) is 11.1 Å². The van der Waals surface area contributed by atoms with E-state index in [0.29, 0.717) is 0 Å². The van der Waals surface area contributed by atoms with E-state index in [1.807, 2.05) is 0 Å². The maximum Gasteiger partial charge on any atom is 0.0343 e. The molecule has 1 N–H and O–H groups in total. The van der Waals surface area contributed by atoms with Gasteiger partial charge in [0.2, 0.25) is 0 Å². The van der Waals surface area contributed by atoms with Gasteiger partial charge in [0.1, 0.15) is 0 Å².